The summed E-state index contributed by atoms with van der Waals surface area (Å²) in [6, 6.07) is 10.6. The van der Waals surface area contributed by atoms with Crippen molar-refractivity contribution in [1.29, 1.82) is 0 Å². The third kappa shape index (κ3) is 4.74. The zero-order valence-corrected chi connectivity index (χ0v) is 18.0. The summed E-state index contributed by atoms with van der Waals surface area (Å²) < 4.78 is 41.1. The van der Waals surface area contributed by atoms with Crippen LogP contribution in [-0.4, -0.2) is 22.2 Å². The van der Waals surface area contributed by atoms with E-state index in [4.69, 9.17) is 0 Å². The second-order valence-corrected chi connectivity index (χ2v) is 8.78. The Labute approximate surface area is 180 Å². The van der Waals surface area contributed by atoms with Gasteiger partial charge in [-0.3, -0.25) is 4.79 Å². The van der Waals surface area contributed by atoms with Crippen LogP contribution in [0, 0.1) is 6.92 Å². The predicted molar refractivity (Wildman–Crippen MR) is 112 cm³/mol. The highest BCUT2D eigenvalue weighted by molar-refractivity contribution is 7.10. The number of amides is 1. The van der Waals surface area contributed by atoms with Crippen LogP contribution in [0.1, 0.15) is 46.1 Å². The Balaban J connectivity index is 1.87. The first kappa shape index (κ1) is 22.5. The standard InChI is InChI=1S/C21H21F3N2O2S2/c1-3-14-6-8-15(9-7-14)18(16-5-4-10-29-16)26-17(27)11-20(28,21(22,23)24)19-25-13(2)12-30-19/h4-10,12,18,28H,3,11H2,1-2H3,(H,26,27). The molecule has 0 spiro atoms. The Kier molecular flexibility index (Phi) is 6.64. The van der Waals surface area contributed by atoms with Gasteiger partial charge in [-0.1, -0.05) is 37.3 Å². The third-order valence-corrected chi connectivity index (χ3v) is 6.76. The van der Waals surface area contributed by atoms with Gasteiger partial charge in [-0.2, -0.15) is 13.2 Å². The monoisotopic (exact) mass is 454 g/mol. The van der Waals surface area contributed by atoms with Gasteiger partial charge in [0.1, 0.15) is 5.01 Å². The molecular formula is C21H21F3N2O2S2. The van der Waals surface area contributed by atoms with Crippen LogP contribution in [0.25, 0.3) is 0 Å². The molecule has 0 saturated heterocycles. The number of thiazole rings is 1. The number of aliphatic hydroxyl groups is 1. The number of rotatable bonds is 7. The van der Waals surface area contributed by atoms with E-state index >= 15 is 0 Å². The van der Waals surface area contributed by atoms with Crippen LogP contribution in [0.2, 0.25) is 0 Å². The van der Waals surface area contributed by atoms with Crippen molar-refractivity contribution in [2.24, 2.45) is 0 Å². The lowest BCUT2D eigenvalue weighted by atomic mass is 9.97. The molecule has 4 nitrogen and oxygen atoms in total. The van der Waals surface area contributed by atoms with E-state index in [9.17, 15) is 23.1 Å². The van der Waals surface area contributed by atoms with Crippen molar-refractivity contribution in [2.45, 2.75) is 44.5 Å². The quantitative estimate of drug-likeness (QED) is 0.521. The average Bonchev–Trinajstić information content (AvgIpc) is 3.37. The Morgan fingerprint density at radius 2 is 1.90 bits per heavy atom. The van der Waals surface area contributed by atoms with Gasteiger partial charge in [0.2, 0.25) is 11.5 Å². The van der Waals surface area contributed by atoms with Gasteiger partial charge < -0.3 is 10.4 Å². The van der Waals surface area contributed by atoms with Crippen LogP contribution >= 0.6 is 22.7 Å². The van der Waals surface area contributed by atoms with Crippen LogP contribution in [0.5, 0.6) is 0 Å². The van der Waals surface area contributed by atoms with E-state index < -0.39 is 35.2 Å². The number of thiophene rings is 1. The lowest BCUT2D eigenvalue weighted by Gasteiger charge is -2.29. The maximum atomic E-state index is 13.7. The molecule has 0 aliphatic carbocycles. The van der Waals surface area contributed by atoms with E-state index in [2.05, 4.69) is 10.3 Å². The lowest BCUT2D eigenvalue weighted by Crippen LogP contribution is -2.46. The van der Waals surface area contributed by atoms with Crippen molar-refractivity contribution in [3.05, 3.63) is 73.9 Å². The van der Waals surface area contributed by atoms with Crippen molar-refractivity contribution in [3.8, 4) is 0 Å². The highest BCUT2D eigenvalue weighted by atomic mass is 32.1. The van der Waals surface area contributed by atoms with Crippen molar-refractivity contribution in [2.75, 3.05) is 0 Å². The minimum absolute atomic E-state index is 0.352. The molecule has 2 atom stereocenters. The number of aromatic nitrogens is 1. The number of nitrogens with zero attached hydrogens (tertiary/aromatic N) is 1. The van der Waals surface area contributed by atoms with Gasteiger partial charge in [0, 0.05) is 16.0 Å². The highest BCUT2D eigenvalue weighted by Crippen LogP contribution is 2.43. The molecule has 3 aromatic rings. The molecule has 2 N–H and O–H groups in total. The molecule has 1 aromatic carbocycles. The number of hydrogen-bond acceptors (Lipinski definition) is 5. The van der Waals surface area contributed by atoms with Gasteiger partial charge in [0.25, 0.3) is 0 Å². The first-order valence-electron chi connectivity index (χ1n) is 9.27. The molecule has 0 aliphatic rings. The molecule has 9 heteroatoms. The lowest BCUT2D eigenvalue weighted by molar-refractivity contribution is -0.267. The molecule has 0 aliphatic heterocycles. The van der Waals surface area contributed by atoms with Crippen molar-refractivity contribution < 1.29 is 23.1 Å². The molecule has 0 fully saturated rings. The van der Waals surface area contributed by atoms with Gasteiger partial charge in [0.15, 0.2) is 0 Å². The number of alkyl halides is 3. The number of carbonyl (C=O) groups excluding carboxylic acids is 1. The average molecular weight is 455 g/mol. The fourth-order valence-corrected chi connectivity index (χ4v) is 4.72. The van der Waals surface area contributed by atoms with Gasteiger partial charge in [0.05, 0.1) is 12.5 Å². The third-order valence-electron chi connectivity index (χ3n) is 4.71. The maximum absolute atomic E-state index is 13.7. The summed E-state index contributed by atoms with van der Waals surface area (Å²) in [6.07, 6.45) is -5.36. The number of hydrogen-bond donors (Lipinski definition) is 2. The number of nitrogens with one attached hydrogen (secondary N) is 1. The fourth-order valence-electron chi connectivity index (χ4n) is 3.01. The van der Waals surface area contributed by atoms with Crippen LogP contribution in [0.15, 0.2) is 47.2 Å². The number of halogens is 3. The molecule has 0 saturated carbocycles. The SMILES string of the molecule is CCc1ccc(C(NC(=O)CC(O)(c2nc(C)cs2)C(F)(F)F)c2cccs2)cc1. The Morgan fingerprint density at radius 1 is 1.20 bits per heavy atom. The second kappa shape index (κ2) is 8.87. The fraction of sp³-hybridized carbons (Fsp3) is 0.333. The van der Waals surface area contributed by atoms with Crippen molar-refractivity contribution in [1.82, 2.24) is 10.3 Å². The largest absolute Gasteiger partial charge is 0.424 e. The summed E-state index contributed by atoms with van der Waals surface area (Å²) in [4.78, 5) is 17.3. The highest BCUT2D eigenvalue weighted by Gasteiger charge is 2.58. The van der Waals surface area contributed by atoms with Crippen LogP contribution in [-0.2, 0) is 16.8 Å². The topological polar surface area (TPSA) is 62.2 Å². The summed E-state index contributed by atoms with van der Waals surface area (Å²) in [5, 5.41) is 15.8. The van der Waals surface area contributed by atoms with Crippen molar-refractivity contribution >= 4 is 28.6 Å². The van der Waals surface area contributed by atoms with Gasteiger partial charge in [-0.15, -0.1) is 22.7 Å². The summed E-state index contributed by atoms with van der Waals surface area (Å²) >= 11 is 2.07. The number of benzene rings is 1. The normalized spacial score (nSPS) is 14.9. The Morgan fingerprint density at radius 3 is 2.40 bits per heavy atom. The van der Waals surface area contributed by atoms with Crippen molar-refractivity contribution in [3.63, 3.8) is 0 Å². The summed E-state index contributed by atoms with van der Waals surface area (Å²) in [7, 11) is 0. The molecule has 0 bridgehead atoms. The van der Waals surface area contributed by atoms with Gasteiger partial charge >= 0.3 is 6.18 Å². The van der Waals surface area contributed by atoms with E-state index in [0.29, 0.717) is 17.0 Å². The van der Waals surface area contributed by atoms with Crippen LogP contribution in [0.4, 0.5) is 13.2 Å². The zero-order valence-electron chi connectivity index (χ0n) is 16.4. The molecule has 2 heterocycles. The second-order valence-electron chi connectivity index (χ2n) is 6.94. The number of aryl methyl sites for hydroxylation is 2. The summed E-state index contributed by atoms with van der Waals surface area (Å²) in [6.45, 7) is 3.55. The Bertz CT molecular complexity index is 985. The smallest absolute Gasteiger partial charge is 0.374 e. The van der Waals surface area contributed by atoms with E-state index in [0.717, 1.165) is 22.4 Å². The maximum Gasteiger partial charge on any atom is 0.424 e. The van der Waals surface area contributed by atoms with Gasteiger partial charge in [-0.05, 0) is 35.9 Å². The summed E-state index contributed by atoms with van der Waals surface area (Å²) in [5.41, 5.74) is -1.13. The first-order valence-corrected chi connectivity index (χ1v) is 11.0. The minimum atomic E-state index is -5.05. The minimum Gasteiger partial charge on any atom is -0.374 e. The summed E-state index contributed by atoms with van der Waals surface area (Å²) in [5.74, 6) is -0.916. The molecule has 3 rings (SSSR count). The molecule has 160 valence electrons. The first-order chi connectivity index (χ1) is 14.1. The van der Waals surface area contributed by atoms with E-state index in [1.54, 1.807) is 0 Å². The molecule has 0 radical (unpaired) electrons. The van der Waals surface area contributed by atoms with E-state index in [1.807, 2.05) is 48.7 Å². The van der Waals surface area contributed by atoms with Crippen LogP contribution < -0.4 is 5.32 Å². The molecule has 2 unspecified atom stereocenters. The number of carbonyl (C=O) groups is 1. The van der Waals surface area contributed by atoms with Gasteiger partial charge in [-0.25, -0.2) is 4.98 Å². The van der Waals surface area contributed by atoms with E-state index in [-0.39, 0.29) is 0 Å². The predicted octanol–water partition coefficient (Wildman–Crippen LogP) is 5.12. The molecule has 30 heavy (non-hydrogen) atoms. The molecule has 1 amide bonds. The molecular weight excluding hydrogens is 433 g/mol. The zero-order chi connectivity index (χ0) is 21.9. The Hall–Kier alpha value is -2.23. The van der Waals surface area contributed by atoms with E-state index in [1.165, 1.54) is 23.6 Å². The van der Waals surface area contributed by atoms with Crippen LogP contribution in [0.3, 0.4) is 0 Å². The molecule has 2 aromatic heterocycles.